The van der Waals surface area contributed by atoms with Crippen LogP contribution in [0.1, 0.15) is 38.7 Å². The second-order valence-corrected chi connectivity index (χ2v) is 5.09. The molecule has 0 aliphatic heterocycles. The Balaban J connectivity index is 2.74. The minimum atomic E-state index is -0.123. The number of hydrogen-bond donors (Lipinski definition) is 1. The van der Waals surface area contributed by atoms with Gasteiger partial charge in [0.25, 0.3) is 0 Å². The molecule has 0 spiro atoms. The molecule has 2 N–H and O–H groups in total. The van der Waals surface area contributed by atoms with Crippen LogP contribution in [0, 0.1) is 0 Å². The maximum absolute atomic E-state index is 5.98. The summed E-state index contributed by atoms with van der Waals surface area (Å²) in [6.07, 6.45) is 0.966. The van der Waals surface area contributed by atoms with Gasteiger partial charge in [0.2, 0.25) is 0 Å². The zero-order chi connectivity index (χ0) is 10.8. The third-order valence-corrected chi connectivity index (χ3v) is 2.49. The van der Waals surface area contributed by atoms with E-state index in [1.54, 1.807) is 0 Å². The van der Waals surface area contributed by atoms with Crippen LogP contribution in [0.5, 0.6) is 0 Å². The molecule has 0 aliphatic rings. The second-order valence-electron chi connectivity index (χ2n) is 4.65. The van der Waals surface area contributed by atoms with E-state index < -0.39 is 0 Å². The first-order valence-corrected chi connectivity index (χ1v) is 5.30. The van der Waals surface area contributed by atoms with E-state index in [2.05, 4.69) is 13.0 Å². The first-order chi connectivity index (χ1) is 6.38. The molecule has 0 saturated heterocycles. The maximum atomic E-state index is 5.98. The molecule has 0 aliphatic carbocycles. The summed E-state index contributed by atoms with van der Waals surface area (Å²) in [7, 11) is 0. The zero-order valence-electron chi connectivity index (χ0n) is 9.05. The predicted molar refractivity (Wildman–Crippen MR) is 62.8 cm³/mol. The van der Waals surface area contributed by atoms with Gasteiger partial charge in [-0.3, -0.25) is 0 Å². The van der Waals surface area contributed by atoms with Gasteiger partial charge < -0.3 is 5.73 Å². The fourth-order valence-electron chi connectivity index (χ4n) is 1.72. The van der Waals surface area contributed by atoms with Crippen molar-refractivity contribution in [2.24, 2.45) is 5.73 Å². The van der Waals surface area contributed by atoms with Crippen molar-refractivity contribution < 1.29 is 0 Å². The number of nitrogens with two attached hydrogens (primary N) is 1. The predicted octanol–water partition coefficient (Wildman–Crippen LogP) is 3.57. The lowest BCUT2D eigenvalue weighted by molar-refractivity contribution is 0.437. The van der Waals surface area contributed by atoms with Gasteiger partial charge in [0.05, 0.1) is 0 Å². The van der Waals surface area contributed by atoms with E-state index in [9.17, 15) is 0 Å². The first-order valence-electron chi connectivity index (χ1n) is 4.93. The molecule has 1 rings (SSSR count). The molecule has 14 heavy (non-hydrogen) atoms. The van der Waals surface area contributed by atoms with Crippen LogP contribution in [0.25, 0.3) is 0 Å². The standard InChI is InChI=1S/C12H18ClN/c1-9(8-12(2,3)14)10-5-4-6-11(13)7-10/h4-7,9H,8,14H2,1-3H3. The second kappa shape index (κ2) is 4.33. The van der Waals surface area contributed by atoms with Gasteiger partial charge >= 0.3 is 0 Å². The number of hydrogen-bond acceptors (Lipinski definition) is 1. The van der Waals surface area contributed by atoms with Crippen molar-refractivity contribution >= 4 is 11.6 Å². The molecule has 0 heterocycles. The van der Waals surface area contributed by atoms with Gasteiger partial charge in [-0.25, -0.2) is 0 Å². The van der Waals surface area contributed by atoms with Crippen LogP contribution < -0.4 is 5.73 Å². The summed E-state index contributed by atoms with van der Waals surface area (Å²) in [5, 5.41) is 0.796. The van der Waals surface area contributed by atoms with Crippen LogP contribution in [-0.4, -0.2) is 5.54 Å². The highest BCUT2D eigenvalue weighted by Crippen LogP contribution is 2.25. The number of rotatable bonds is 3. The lowest BCUT2D eigenvalue weighted by Gasteiger charge is -2.23. The fourth-order valence-corrected chi connectivity index (χ4v) is 1.92. The van der Waals surface area contributed by atoms with Crippen LogP contribution in [0.15, 0.2) is 24.3 Å². The molecular formula is C12H18ClN. The topological polar surface area (TPSA) is 26.0 Å². The van der Waals surface area contributed by atoms with Crippen molar-refractivity contribution in [2.45, 2.75) is 38.6 Å². The average molecular weight is 212 g/mol. The van der Waals surface area contributed by atoms with Gasteiger partial charge in [-0.1, -0.05) is 30.7 Å². The van der Waals surface area contributed by atoms with Crippen molar-refractivity contribution in [3.8, 4) is 0 Å². The molecule has 0 aromatic heterocycles. The summed E-state index contributed by atoms with van der Waals surface area (Å²) >= 11 is 5.93. The monoisotopic (exact) mass is 211 g/mol. The molecule has 1 unspecified atom stereocenters. The summed E-state index contributed by atoms with van der Waals surface area (Å²) in [4.78, 5) is 0. The van der Waals surface area contributed by atoms with Gasteiger partial charge in [-0.2, -0.15) is 0 Å². The Morgan fingerprint density at radius 1 is 1.43 bits per heavy atom. The van der Waals surface area contributed by atoms with Crippen LogP contribution in [0.2, 0.25) is 5.02 Å². The quantitative estimate of drug-likeness (QED) is 0.813. The molecule has 0 fully saturated rings. The summed E-state index contributed by atoms with van der Waals surface area (Å²) in [5.41, 5.74) is 7.12. The third-order valence-electron chi connectivity index (χ3n) is 2.25. The normalized spacial score (nSPS) is 14.1. The lowest BCUT2D eigenvalue weighted by Crippen LogP contribution is -2.33. The smallest absolute Gasteiger partial charge is 0.0408 e. The van der Waals surface area contributed by atoms with Crippen molar-refractivity contribution in [3.05, 3.63) is 34.9 Å². The van der Waals surface area contributed by atoms with Crippen LogP contribution in [-0.2, 0) is 0 Å². The minimum Gasteiger partial charge on any atom is -0.326 e. The Kier molecular flexibility index (Phi) is 3.57. The molecule has 0 amide bonds. The number of halogens is 1. The van der Waals surface area contributed by atoms with Gasteiger partial charge in [0.15, 0.2) is 0 Å². The molecule has 1 aromatic rings. The number of benzene rings is 1. The van der Waals surface area contributed by atoms with E-state index in [-0.39, 0.29) is 5.54 Å². The fraction of sp³-hybridized carbons (Fsp3) is 0.500. The van der Waals surface area contributed by atoms with Crippen molar-refractivity contribution in [1.82, 2.24) is 0 Å². The molecule has 2 heteroatoms. The minimum absolute atomic E-state index is 0.123. The summed E-state index contributed by atoms with van der Waals surface area (Å²) in [5.74, 6) is 0.452. The van der Waals surface area contributed by atoms with Crippen molar-refractivity contribution in [2.75, 3.05) is 0 Å². The Morgan fingerprint density at radius 3 is 2.57 bits per heavy atom. The van der Waals surface area contributed by atoms with E-state index in [1.165, 1.54) is 5.56 Å². The van der Waals surface area contributed by atoms with Crippen LogP contribution in [0.4, 0.5) is 0 Å². The third kappa shape index (κ3) is 3.69. The molecule has 1 aromatic carbocycles. The average Bonchev–Trinajstić information content (AvgIpc) is 2.01. The summed E-state index contributed by atoms with van der Waals surface area (Å²) in [6, 6.07) is 7.99. The Hall–Kier alpha value is -0.530. The van der Waals surface area contributed by atoms with Gasteiger partial charge in [-0.05, 0) is 43.9 Å². The molecule has 0 radical (unpaired) electrons. The lowest BCUT2D eigenvalue weighted by atomic mass is 9.88. The molecular weight excluding hydrogens is 194 g/mol. The van der Waals surface area contributed by atoms with Crippen LogP contribution in [0.3, 0.4) is 0 Å². The zero-order valence-corrected chi connectivity index (χ0v) is 9.81. The van der Waals surface area contributed by atoms with E-state index in [4.69, 9.17) is 17.3 Å². The maximum Gasteiger partial charge on any atom is 0.0408 e. The van der Waals surface area contributed by atoms with Crippen LogP contribution >= 0.6 is 11.6 Å². The highest BCUT2D eigenvalue weighted by atomic mass is 35.5. The van der Waals surface area contributed by atoms with Crippen molar-refractivity contribution in [3.63, 3.8) is 0 Å². The van der Waals surface area contributed by atoms with Crippen molar-refractivity contribution in [1.29, 1.82) is 0 Å². The molecule has 78 valence electrons. The molecule has 0 bridgehead atoms. The SMILES string of the molecule is CC(CC(C)(C)N)c1cccc(Cl)c1. The van der Waals surface area contributed by atoms with E-state index in [1.807, 2.05) is 32.0 Å². The highest BCUT2D eigenvalue weighted by Gasteiger charge is 2.16. The first kappa shape index (κ1) is 11.5. The van der Waals surface area contributed by atoms with E-state index >= 15 is 0 Å². The molecule has 0 saturated carbocycles. The molecule has 1 atom stereocenters. The Bertz CT molecular complexity index is 301. The van der Waals surface area contributed by atoms with Gasteiger partial charge in [-0.15, -0.1) is 0 Å². The summed E-state index contributed by atoms with van der Waals surface area (Å²) in [6.45, 7) is 6.28. The Morgan fingerprint density at radius 2 is 2.07 bits per heavy atom. The van der Waals surface area contributed by atoms with E-state index in [0.717, 1.165) is 11.4 Å². The van der Waals surface area contributed by atoms with E-state index in [0.29, 0.717) is 5.92 Å². The highest BCUT2D eigenvalue weighted by molar-refractivity contribution is 6.30. The largest absolute Gasteiger partial charge is 0.326 e. The molecule has 1 nitrogen and oxygen atoms in total. The Labute approximate surface area is 91.3 Å². The van der Waals surface area contributed by atoms with Gasteiger partial charge in [0.1, 0.15) is 0 Å². The van der Waals surface area contributed by atoms with Gasteiger partial charge in [0, 0.05) is 10.6 Å². The summed E-state index contributed by atoms with van der Waals surface area (Å²) < 4.78 is 0.